The Labute approximate surface area is 171 Å². The van der Waals surface area contributed by atoms with E-state index in [-0.39, 0.29) is 11.5 Å². The van der Waals surface area contributed by atoms with Gasteiger partial charge in [-0.15, -0.1) is 11.3 Å². The fourth-order valence-electron chi connectivity index (χ4n) is 2.81. The fraction of sp³-hybridized carbons (Fsp3) is 0.238. The predicted octanol–water partition coefficient (Wildman–Crippen LogP) is 3.67. The number of benzene rings is 2. The Morgan fingerprint density at radius 3 is 2.55 bits per heavy atom. The molecule has 0 fully saturated rings. The first kappa shape index (κ1) is 20.8. The molecule has 1 N–H and O–H groups in total. The maximum atomic E-state index is 14.2. The molecular weight excluding hydrogens is 397 g/mol. The topological polar surface area (TPSA) is 73.9 Å². The molecule has 1 aromatic heterocycles. The van der Waals surface area contributed by atoms with Gasteiger partial charge in [-0.2, -0.15) is 0 Å². The lowest BCUT2D eigenvalue weighted by Gasteiger charge is -2.08. The SMILES string of the molecule is COCc1c(C(=O)OCC(=O)NCc2ccc(OC)cc2)sc2cccc(F)c12. The average molecular weight is 417 g/mol. The summed E-state index contributed by atoms with van der Waals surface area (Å²) in [4.78, 5) is 24.7. The largest absolute Gasteiger partial charge is 0.497 e. The molecule has 0 atom stereocenters. The number of fused-ring (bicyclic) bond motifs is 1. The minimum atomic E-state index is -0.683. The van der Waals surface area contributed by atoms with Crippen molar-refractivity contribution in [3.8, 4) is 5.75 Å². The van der Waals surface area contributed by atoms with Gasteiger partial charge in [-0.05, 0) is 29.8 Å². The maximum absolute atomic E-state index is 14.2. The summed E-state index contributed by atoms with van der Waals surface area (Å²) in [6, 6.07) is 11.9. The van der Waals surface area contributed by atoms with Gasteiger partial charge >= 0.3 is 5.97 Å². The molecule has 0 aliphatic carbocycles. The molecule has 3 aromatic rings. The number of carbonyl (C=O) groups is 2. The van der Waals surface area contributed by atoms with E-state index in [0.717, 1.165) is 22.6 Å². The van der Waals surface area contributed by atoms with E-state index < -0.39 is 24.3 Å². The third-order valence-electron chi connectivity index (χ3n) is 4.22. The van der Waals surface area contributed by atoms with Gasteiger partial charge in [-0.3, -0.25) is 4.79 Å². The lowest BCUT2D eigenvalue weighted by atomic mass is 10.1. The van der Waals surface area contributed by atoms with E-state index in [9.17, 15) is 14.0 Å². The van der Waals surface area contributed by atoms with Gasteiger partial charge in [0.05, 0.1) is 13.7 Å². The Hall–Kier alpha value is -2.97. The normalized spacial score (nSPS) is 10.7. The molecule has 1 heterocycles. The number of hydrogen-bond acceptors (Lipinski definition) is 6. The zero-order valence-electron chi connectivity index (χ0n) is 16.0. The molecule has 8 heteroatoms. The molecule has 0 spiro atoms. The summed E-state index contributed by atoms with van der Waals surface area (Å²) in [7, 11) is 3.04. The summed E-state index contributed by atoms with van der Waals surface area (Å²) < 4.78 is 30.1. The van der Waals surface area contributed by atoms with Crippen LogP contribution in [0.5, 0.6) is 5.75 Å². The van der Waals surface area contributed by atoms with Crippen molar-refractivity contribution in [2.45, 2.75) is 13.2 Å². The fourth-order valence-corrected chi connectivity index (χ4v) is 3.92. The number of methoxy groups -OCH3 is 2. The molecule has 0 aliphatic heterocycles. The van der Waals surface area contributed by atoms with E-state index in [2.05, 4.69) is 5.32 Å². The lowest BCUT2D eigenvalue weighted by Crippen LogP contribution is -2.28. The summed E-state index contributed by atoms with van der Waals surface area (Å²) in [5, 5.41) is 3.02. The average Bonchev–Trinajstić information content (AvgIpc) is 3.11. The molecule has 29 heavy (non-hydrogen) atoms. The van der Waals surface area contributed by atoms with Crippen molar-refractivity contribution in [1.82, 2.24) is 5.32 Å². The van der Waals surface area contributed by atoms with Crippen molar-refractivity contribution in [2.24, 2.45) is 0 Å². The molecule has 0 aliphatic rings. The van der Waals surface area contributed by atoms with Crippen LogP contribution < -0.4 is 10.1 Å². The molecule has 0 saturated carbocycles. The van der Waals surface area contributed by atoms with E-state index in [1.54, 1.807) is 31.4 Å². The lowest BCUT2D eigenvalue weighted by molar-refractivity contribution is -0.124. The molecule has 0 saturated heterocycles. The van der Waals surface area contributed by atoms with Crippen molar-refractivity contribution in [3.05, 3.63) is 64.3 Å². The number of ether oxygens (including phenoxy) is 3. The Morgan fingerprint density at radius 2 is 1.86 bits per heavy atom. The third kappa shape index (κ3) is 4.90. The third-order valence-corrected chi connectivity index (χ3v) is 5.40. The first-order chi connectivity index (χ1) is 14.0. The van der Waals surface area contributed by atoms with Crippen LogP contribution in [-0.2, 0) is 27.4 Å². The van der Waals surface area contributed by atoms with E-state index in [0.29, 0.717) is 22.2 Å². The number of halogens is 1. The molecule has 0 radical (unpaired) electrons. The van der Waals surface area contributed by atoms with Gasteiger partial charge in [-0.25, -0.2) is 9.18 Å². The smallest absolute Gasteiger partial charge is 0.349 e. The highest BCUT2D eigenvalue weighted by atomic mass is 32.1. The number of rotatable bonds is 8. The van der Waals surface area contributed by atoms with Gasteiger partial charge in [-0.1, -0.05) is 18.2 Å². The van der Waals surface area contributed by atoms with Crippen LogP contribution in [0.15, 0.2) is 42.5 Å². The van der Waals surface area contributed by atoms with Gasteiger partial charge < -0.3 is 19.5 Å². The second-order valence-electron chi connectivity index (χ2n) is 6.16. The summed E-state index contributed by atoms with van der Waals surface area (Å²) in [5.74, 6) is -0.824. The van der Waals surface area contributed by atoms with Crippen LogP contribution in [0, 0.1) is 5.82 Å². The van der Waals surface area contributed by atoms with Gasteiger partial charge in [0, 0.05) is 29.3 Å². The van der Waals surface area contributed by atoms with E-state index in [4.69, 9.17) is 14.2 Å². The number of amides is 1. The quantitative estimate of drug-likeness (QED) is 0.566. The minimum absolute atomic E-state index is 0.0645. The van der Waals surface area contributed by atoms with Crippen LogP contribution in [0.25, 0.3) is 10.1 Å². The number of esters is 1. The summed E-state index contributed by atoms with van der Waals surface area (Å²) in [6.45, 7) is -0.0728. The summed E-state index contributed by atoms with van der Waals surface area (Å²) in [6.07, 6.45) is 0. The van der Waals surface area contributed by atoms with Crippen LogP contribution in [0.2, 0.25) is 0 Å². The maximum Gasteiger partial charge on any atom is 0.349 e. The predicted molar refractivity (Wildman–Crippen MR) is 108 cm³/mol. The van der Waals surface area contributed by atoms with E-state index >= 15 is 0 Å². The molecular formula is C21H20FNO5S. The van der Waals surface area contributed by atoms with Crippen molar-refractivity contribution in [2.75, 3.05) is 20.8 Å². The molecule has 6 nitrogen and oxygen atoms in total. The van der Waals surface area contributed by atoms with Gasteiger partial charge in [0.25, 0.3) is 5.91 Å². The van der Waals surface area contributed by atoms with Crippen molar-refractivity contribution in [1.29, 1.82) is 0 Å². The van der Waals surface area contributed by atoms with Crippen LogP contribution in [0.4, 0.5) is 4.39 Å². The Kier molecular flexibility index (Phi) is 6.79. The monoisotopic (exact) mass is 417 g/mol. The first-order valence-electron chi connectivity index (χ1n) is 8.79. The Morgan fingerprint density at radius 1 is 1.10 bits per heavy atom. The second-order valence-corrected chi connectivity index (χ2v) is 7.21. The second kappa shape index (κ2) is 9.49. The highest BCUT2D eigenvalue weighted by molar-refractivity contribution is 7.21. The molecule has 2 aromatic carbocycles. The van der Waals surface area contributed by atoms with E-state index in [1.807, 2.05) is 12.1 Å². The summed E-state index contributed by atoms with van der Waals surface area (Å²) >= 11 is 1.11. The highest BCUT2D eigenvalue weighted by Crippen LogP contribution is 2.34. The van der Waals surface area contributed by atoms with Gasteiger partial charge in [0.15, 0.2) is 6.61 Å². The Bertz CT molecular complexity index is 1020. The van der Waals surface area contributed by atoms with Gasteiger partial charge in [0.2, 0.25) is 0 Å². The number of hydrogen-bond donors (Lipinski definition) is 1. The molecule has 152 valence electrons. The summed E-state index contributed by atoms with van der Waals surface area (Å²) in [5.41, 5.74) is 1.31. The van der Waals surface area contributed by atoms with Crippen molar-refractivity contribution >= 4 is 33.3 Å². The molecule has 0 bridgehead atoms. The highest BCUT2D eigenvalue weighted by Gasteiger charge is 2.22. The standard InChI is InChI=1S/C21H20FNO5S/c1-26-11-15-19-16(22)4-3-5-17(19)29-20(15)21(25)28-12-18(24)23-10-13-6-8-14(27-2)9-7-13/h3-9H,10-12H2,1-2H3,(H,23,24). The molecule has 1 amide bonds. The number of thiophene rings is 1. The Balaban J connectivity index is 1.62. The van der Waals surface area contributed by atoms with Crippen LogP contribution >= 0.6 is 11.3 Å². The zero-order chi connectivity index (χ0) is 20.8. The molecule has 0 unspecified atom stereocenters. The molecule has 3 rings (SSSR count). The zero-order valence-corrected chi connectivity index (χ0v) is 16.8. The van der Waals surface area contributed by atoms with Crippen LogP contribution in [0.1, 0.15) is 20.8 Å². The van der Waals surface area contributed by atoms with Crippen LogP contribution in [0.3, 0.4) is 0 Å². The van der Waals surface area contributed by atoms with Crippen molar-refractivity contribution < 1.29 is 28.2 Å². The van der Waals surface area contributed by atoms with Gasteiger partial charge in [0.1, 0.15) is 16.4 Å². The first-order valence-corrected chi connectivity index (χ1v) is 9.60. The van der Waals surface area contributed by atoms with Crippen LogP contribution in [-0.4, -0.2) is 32.7 Å². The minimum Gasteiger partial charge on any atom is -0.497 e. The number of carbonyl (C=O) groups excluding carboxylic acids is 2. The number of nitrogens with one attached hydrogen (secondary N) is 1. The van der Waals surface area contributed by atoms with Crippen molar-refractivity contribution in [3.63, 3.8) is 0 Å². The van der Waals surface area contributed by atoms with E-state index in [1.165, 1.54) is 13.2 Å².